The van der Waals surface area contributed by atoms with Crippen LogP contribution in [0.25, 0.3) is 0 Å². The van der Waals surface area contributed by atoms with Crippen LogP contribution in [-0.4, -0.2) is 49.7 Å². The predicted octanol–water partition coefficient (Wildman–Crippen LogP) is 12.0. The van der Waals surface area contributed by atoms with E-state index < -0.39 is 5.97 Å². The third kappa shape index (κ3) is 37.5. The molecule has 0 aromatic carbocycles. The van der Waals surface area contributed by atoms with E-state index in [1.54, 1.807) is 0 Å². The van der Waals surface area contributed by atoms with Gasteiger partial charge in [-0.3, -0.25) is 4.79 Å². The number of aliphatic carboxylic acids is 1. The fourth-order valence-electron chi connectivity index (χ4n) is 6.73. The molecule has 49 heavy (non-hydrogen) atoms. The Kier molecular flexibility index (Phi) is 35.0. The average Bonchev–Trinajstić information content (AvgIpc) is 3.05. The summed E-state index contributed by atoms with van der Waals surface area (Å²) in [5.74, 6) is -1.06. The van der Waals surface area contributed by atoms with Gasteiger partial charge < -0.3 is 19.1 Å². The lowest BCUT2D eigenvalue weighted by Crippen LogP contribution is -2.47. The van der Waals surface area contributed by atoms with Crippen LogP contribution in [-0.2, 0) is 14.3 Å². The molecule has 1 atom stereocenters. The Morgan fingerprint density at radius 1 is 0.551 bits per heavy atom. The molecule has 0 aliphatic rings. The maximum absolute atomic E-state index is 12.8. The molecule has 0 saturated carbocycles. The molecule has 0 saturated heterocycles. The first-order valence-corrected chi connectivity index (χ1v) is 21.3. The lowest BCUT2D eigenvalue weighted by atomic mass is 10.0. The number of unbranched alkanes of at least 4 members (excludes halogenated alkanes) is 23. The number of quaternary nitrogens is 1. The molecule has 5 nitrogen and oxygen atoms in total. The number of hydrogen-bond acceptors (Lipinski definition) is 4. The van der Waals surface area contributed by atoms with E-state index >= 15 is 0 Å². The summed E-state index contributed by atoms with van der Waals surface area (Å²) in [6.45, 7) is 6.01. The average molecular weight is 690 g/mol. The second-order valence-corrected chi connectivity index (χ2v) is 15.5. The van der Waals surface area contributed by atoms with E-state index in [2.05, 4.69) is 52.2 Å². The number of carboxylic acid groups (broad SMARTS) is 1. The van der Waals surface area contributed by atoms with Gasteiger partial charge in [-0.05, 0) is 57.8 Å². The van der Waals surface area contributed by atoms with Gasteiger partial charge in [0.25, 0.3) is 0 Å². The van der Waals surface area contributed by atoms with Gasteiger partial charge in [-0.1, -0.05) is 167 Å². The molecule has 288 valence electrons. The number of likely N-dealkylation sites (N-methyl/N-ethyl adjacent to an activating group) is 1. The molecule has 0 amide bonds. The number of carbonyl (C=O) groups is 2. The Morgan fingerprint density at radius 2 is 0.980 bits per heavy atom. The first kappa shape index (κ1) is 47.4. The zero-order chi connectivity index (χ0) is 36.1. The van der Waals surface area contributed by atoms with Crippen LogP contribution in [0.1, 0.15) is 213 Å². The Bertz CT molecular complexity index is 790. The molecule has 0 spiro atoms. The summed E-state index contributed by atoms with van der Waals surface area (Å²) in [6, 6.07) is 0. The second kappa shape index (κ2) is 36.2. The number of carboxylic acids is 1. The topological polar surface area (TPSA) is 66.4 Å². The highest BCUT2D eigenvalue weighted by Crippen LogP contribution is 2.18. The molecule has 0 heterocycles. The largest absolute Gasteiger partial charge is 0.550 e. The molecule has 0 aromatic heterocycles. The maximum Gasteiger partial charge on any atom is 0.306 e. The van der Waals surface area contributed by atoms with Crippen LogP contribution in [0.2, 0.25) is 0 Å². The van der Waals surface area contributed by atoms with Gasteiger partial charge in [-0.15, -0.1) is 0 Å². The van der Waals surface area contributed by atoms with Crippen molar-refractivity contribution < 1.29 is 23.9 Å². The molecular weight excluding hydrogens is 606 g/mol. The normalized spacial score (nSPS) is 12.7. The smallest absolute Gasteiger partial charge is 0.306 e. The standard InChI is InChI=1S/C44H83NO4/c1-5-7-9-11-13-15-17-19-21-23-24-26-28-30-32-34-37-42(41-45(3,4)40-36-38-43(46)47)49-44(48)39-35-33-31-29-27-25-22-20-18-16-14-12-10-8-6-2/h14,16,20,22,42H,5-13,15,17-19,21,23-41H2,1-4H3/b16-14-,22-20-. The quantitative estimate of drug-likeness (QED) is 0.0280. The van der Waals surface area contributed by atoms with Crippen LogP contribution < -0.4 is 5.11 Å². The Morgan fingerprint density at radius 3 is 1.49 bits per heavy atom. The van der Waals surface area contributed by atoms with Gasteiger partial charge in [0.15, 0.2) is 6.10 Å². The molecule has 0 N–H and O–H groups in total. The van der Waals surface area contributed by atoms with Crippen molar-refractivity contribution in [3.05, 3.63) is 24.3 Å². The van der Waals surface area contributed by atoms with Crippen molar-refractivity contribution in [1.82, 2.24) is 0 Å². The summed E-state index contributed by atoms with van der Waals surface area (Å²) in [6.07, 6.45) is 45.6. The lowest BCUT2D eigenvalue weighted by Gasteiger charge is -2.33. The highest BCUT2D eigenvalue weighted by Gasteiger charge is 2.24. The molecule has 1 unspecified atom stereocenters. The first-order chi connectivity index (χ1) is 23.8. The molecule has 0 aromatic rings. The number of rotatable bonds is 38. The fraction of sp³-hybridized carbons (Fsp3) is 0.864. The van der Waals surface area contributed by atoms with E-state index in [0.717, 1.165) is 51.6 Å². The number of allylic oxidation sites excluding steroid dienone is 4. The van der Waals surface area contributed by atoms with E-state index in [0.29, 0.717) is 17.3 Å². The maximum atomic E-state index is 12.8. The number of carbonyl (C=O) groups excluding carboxylic acids is 2. The van der Waals surface area contributed by atoms with Gasteiger partial charge in [0.2, 0.25) is 0 Å². The van der Waals surface area contributed by atoms with Gasteiger partial charge in [-0.25, -0.2) is 0 Å². The van der Waals surface area contributed by atoms with Crippen molar-refractivity contribution in [2.75, 3.05) is 27.2 Å². The van der Waals surface area contributed by atoms with Gasteiger partial charge in [-0.2, -0.15) is 0 Å². The highest BCUT2D eigenvalue weighted by molar-refractivity contribution is 5.69. The summed E-state index contributed by atoms with van der Waals surface area (Å²) in [5.41, 5.74) is 0. The Hall–Kier alpha value is -1.62. The SMILES string of the molecule is CCCCC/C=C\C/C=C\CCCCCCCC(=O)OC(CCCCCCCCCCCCCCCCCC)C[N+](C)(C)CCCC(=O)[O-]. The number of nitrogens with zero attached hydrogens (tertiary/aromatic N) is 1. The van der Waals surface area contributed by atoms with Gasteiger partial charge in [0.1, 0.15) is 6.54 Å². The number of ether oxygens (including phenoxy) is 1. The minimum atomic E-state index is -0.992. The molecule has 0 aliphatic carbocycles. The summed E-state index contributed by atoms with van der Waals surface area (Å²) < 4.78 is 6.72. The van der Waals surface area contributed by atoms with Crippen molar-refractivity contribution in [2.24, 2.45) is 0 Å². The van der Waals surface area contributed by atoms with Gasteiger partial charge in [0, 0.05) is 18.8 Å². The van der Waals surface area contributed by atoms with Crippen LogP contribution in [0.15, 0.2) is 24.3 Å². The van der Waals surface area contributed by atoms with Crippen molar-refractivity contribution in [3.63, 3.8) is 0 Å². The monoisotopic (exact) mass is 690 g/mol. The van der Waals surface area contributed by atoms with Gasteiger partial charge in [0.05, 0.1) is 20.6 Å². The molecule has 0 aliphatic heterocycles. The van der Waals surface area contributed by atoms with E-state index in [4.69, 9.17) is 4.74 Å². The summed E-state index contributed by atoms with van der Waals surface area (Å²) in [5, 5.41) is 10.9. The van der Waals surface area contributed by atoms with E-state index in [-0.39, 0.29) is 18.5 Å². The van der Waals surface area contributed by atoms with Crippen LogP contribution in [0.3, 0.4) is 0 Å². The molecule has 0 rings (SSSR count). The zero-order valence-corrected chi connectivity index (χ0v) is 33.3. The first-order valence-electron chi connectivity index (χ1n) is 21.3. The molecular formula is C44H83NO4. The zero-order valence-electron chi connectivity index (χ0n) is 33.3. The Labute approximate surface area is 305 Å². The van der Waals surface area contributed by atoms with Crippen LogP contribution >= 0.6 is 0 Å². The van der Waals surface area contributed by atoms with Crippen LogP contribution in [0.5, 0.6) is 0 Å². The third-order valence-electron chi connectivity index (χ3n) is 9.85. The van der Waals surface area contributed by atoms with E-state index in [1.807, 2.05) is 0 Å². The highest BCUT2D eigenvalue weighted by atomic mass is 16.5. The lowest BCUT2D eigenvalue weighted by molar-refractivity contribution is -0.893. The fourth-order valence-corrected chi connectivity index (χ4v) is 6.73. The molecule has 5 heteroatoms. The summed E-state index contributed by atoms with van der Waals surface area (Å²) in [7, 11) is 4.23. The van der Waals surface area contributed by atoms with E-state index in [1.165, 1.54) is 141 Å². The van der Waals surface area contributed by atoms with Crippen LogP contribution in [0, 0.1) is 0 Å². The molecule has 0 radical (unpaired) electrons. The van der Waals surface area contributed by atoms with Gasteiger partial charge >= 0.3 is 5.97 Å². The van der Waals surface area contributed by atoms with Crippen LogP contribution in [0.4, 0.5) is 0 Å². The van der Waals surface area contributed by atoms with Crippen molar-refractivity contribution in [1.29, 1.82) is 0 Å². The minimum Gasteiger partial charge on any atom is -0.550 e. The predicted molar refractivity (Wildman–Crippen MR) is 209 cm³/mol. The summed E-state index contributed by atoms with van der Waals surface area (Å²) >= 11 is 0. The van der Waals surface area contributed by atoms with Crippen molar-refractivity contribution in [2.45, 2.75) is 219 Å². The molecule has 0 bridgehead atoms. The number of hydrogen-bond donors (Lipinski definition) is 0. The third-order valence-corrected chi connectivity index (χ3v) is 9.85. The van der Waals surface area contributed by atoms with Crippen molar-refractivity contribution >= 4 is 11.9 Å². The second-order valence-electron chi connectivity index (χ2n) is 15.5. The number of esters is 1. The van der Waals surface area contributed by atoms with Crippen molar-refractivity contribution in [3.8, 4) is 0 Å². The minimum absolute atomic E-state index is 0.0677. The molecule has 0 fully saturated rings. The van der Waals surface area contributed by atoms with E-state index in [9.17, 15) is 14.7 Å². The summed E-state index contributed by atoms with van der Waals surface area (Å²) in [4.78, 5) is 23.7. The Balaban J connectivity index is 4.18.